The summed E-state index contributed by atoms with van der Waals surface area (Å²) in [6.45, 7) is 1.92. The third kappa shape index (κ3) is 9.31. The number of imidazole rings is 1. The molecule has 0 saturated carbocycles. The van der Waals surface area contributed by atoms with E-state index in [4.69, 9.17) is 31.5 Å². The number of piperidine rings is 1. The van der Waals surface area contributed by atoms with Gasteiger partial charge in [-0.15, -0.1) is 0 Å². The SMILES string of the molecule is Cn1c(-c2ccc(OCC#N)c(F)c2F)cnc1C(=O)Nc1ccc(C(=O)N2CCN(C(=O)C3CNCC(O)C3)CC2)c(Cl)c1.O=C(O)C(F)(F)F. The highest BCUT2D eigenvalue weighted by Gasteiger charge is 2.38. The van der Waals surface area contributed by atoms with E-state index in [1.165, 1.54) is 48.1 Å². The number of halogens is 6. The van der Waals surface area contributed by atoms with Gasteiger partial charge in [-0.2, -0.15) is 22.8 Å². The summed E-state index contributed by atoms with van der Waals surface area (Å²) in [6.07, 6.45) is -4.00. The lowest BCUT2D eigenvalue weighted by Crippen LogP contribution is -2.54. The van der Waals surface area contributed by atoms with E-state index in [1.54, 1.807) is 15.9 Å². The Hall–Kier alpha value is -5.32. The molecule has 0 radical (unpaired) electrons. The molecule has 0 aliphatic carbocycles. The number of hydrogen-bond acceptors (Lipinski definition) is 9. The summed E-state index contributed by atoms with van der Waals surface area (Å²) in [6, 6.07) is 8.55. The molecule has 1 aromatic heterocycles. The predicted octanol–water partition coefficient (Wildman–Crippen LogP) is 3.06. The number of carboxylic acids is 1. The maximum atomic E-state index is 14.8. The number of benzene rings is 2. The van der Waals surface area contributed by atoms with E-state index in [9.17, 15) is 41.4 Å². The van der Waals surface area contributed by atoms with Gasteiger partial charge < -0.3 is 40.0 Å². The highest BCUT2D eigenvalue weighted by molar-refractivity contribution is 6.34. The Balaban J connectivity index is 0.000000785. The number of rotatable bonds is 7. The van der Waals surface area contributed by atoms with Crippen molar-refractivity contribution >= 4 is 41.0 Å². The second-order valence-electron chi connectivity index (χ2n) is 11.5. The largest absolute Gasteiger partial charge is 0.490 e. The third-order valence-electron chi connectivity index (χ3n) is 8.06. The molecule has 2 saturated heterocycles. The van der Waals surface area contributed by atoms with E-state index in [2.05, 4.69) is 15.6 Å². The van der Waals surface area contributed by atoms with E-state index >= 15 is 0 Å². The van der Waals surface area contributed by atoms with Gasteiger partial charge in [-0.25, -0.2) is 14.2 Å². The van der Waals surface area contributed by atoms with E-state index in [1.807, 2.05) is 0 Å². The van der Waals surface area contributed by atoms with Crippen molar-refractivity contribution in [2.75, 3.05) is 51.2 Å². The summed E-state index contributed by atoms with van der Waals surface area (Å²) in [7, 11) is 1.46. The molecule has 2 aliphatic rings. The number of anilines is 1. The molecule has 2 aromatic carbocycles. The molecule has 2 aliphatic heterocycles. The van der Waals surface area contributed by atoms with Crippen molar-refractivity contribution in [2.24, 2.45) is 13.0 Å². The molecular weight excluding hydrogens is 725 g/mol. The first-order valence-corrected chi connectivity index (χ1v) is 15.8. The number of piperazine rings is 1. The fraction of sp³-hybridized carbons (Fsp3) is 0.375. The number of hydrogen-bond donors (Lipinski definition) is 4. The number of nitrogens with one attached hydrogen (secondary N) is 2. The number of ether oxygens (including phenoxy) is 1. The molecule has 5 rings (SSSR count). The van der Waals surface area contributed by atoms with Crippen LogP contribution in [-0.4, -0.2) is 111 Å². The molecule has 52 heavy (non-hydrogen) atoms. The zero-order valence-electron chi connectivity index (χ0n) is 27.2. The zero-order chi connectivity index (χ0) is 38.3. The predicted molar refractivity (Wildman–Crippen MR) is 172 cm³/mol. The molecule has 0 spiro atoms. The molecule has 20 heteroatoms. The van der Waals surface area contributed by atoms with E-state index in [0.717, 1.165) is 0 Å². The molecule has 2 atom stereocenters. The highest BCUT2D eigenvalue weighted by Crippen LogP contribution is 2.31. The van der Waals surface area contributed by atoms with E-state index in [-0.39, 0.29) is 51.1 Å². The Morgan fingerprint density at radius 1 is 1.08 bits per heavy atom. The first-order valence-electron chi connectivity index (χ1n) is 15.4. The van der Waals surface area contributed by atoms with Crippen molar-refractivity contribution in [3.8, 4) is 23.1 Å². The summed E-state index contributed by atoms with van der Waals surface area (Å²) in [4.78, 5) is 55.4. The Morgan fingerprint density at radius 3 is 2.33 bits per heavy atom. The number of carboxylic acid groups (broad SMARTS) is 1. The van der Waals surface area contributed by atoms with Gasteiger partial charge in [0.1, 0.15) is 6.07 Å². The first kappa shape index (κ1) is 39.5. The monoisotopic (exact) mass is 755 g/mol. The Morgan fingerprint density at radius 2 is 1.73 bits per heavy atom. The fourth-order valence-electron chi connectivity index (χ4n) is 5.44. The van der Waals surface area contributed by atoms with Crippen molar-refractivity contribution in [1.82, 2.24) is 24.7 Å². The second-order valence-corrected chi connectivity index (χ2v) is 11.9. The van der Waals surface area contributed by atoms with Gasteiger partial charge in [-0.1, -0.05) is 11.6 Å². The molecule has 2 unspecified atom stereocenters. The third-order valence-corrected chi connectivity index (χ3v) is 8.37. The van der Waals surface area contributed by atoms with Gasteiger partial charge in [-0.3, -0.25) is 14.4 Å². The molecule has 4 N–H and O–H groups in total. The van der Waals surface area contributed by atoms with Crippen molar-refractivity contribution in [2.45, 2.75) is 18.7 Å². The van der Waals surface area contributed by atoms with Gasteiger partial charge in [0, 0.05) is 57.6 Å². The van der Waals surface area contributed by atoms with Crippen LogP contribution in [0.15, 0.2) is 36.5 Å². The number of alkyl halides is 3. The minimum Gasteiger partial charge on any atom is -0.476 e. The first-order chi connectivity index (χ1) is 24.5. The van der Waals surface area contributed by atoms with Crippen molar-refractivity contribution in [3.05, 3.63) is 64.6 Å². The van der Waals surface area contributed by atoms with Gasteiger partial charge in [-0.05, 0) is 36.8 Å². The number of aliphatic hydroxyl groups is 1. The second kappa shape index (κ2) is 16.8. The fourth-order valence-corrected chi connectivity index (χ4v) is 5.70. The molecule has 0 bridgehead atoms. The van der Waals surface area contributed by atoms with Crippen LogP contribution in [-0.2, 0) is 16.6 Å². The highest BCUT2D eigenvalue weighted by atomic mass is 35.5. The van der Waals surface area contributed by atoms with Crippen LogP contribution in [0.5, 0.6) is 5.75 Å². The molecule has 3 heterocycles. The lowest BCUT2D eigenvalue weighted by molar-refractivity contribution is -0.192. The van der Waals surface area contributed by atoms with Crippen LogP contribution in [0.3, 0.4) is 0 Å². The quantitative estimate of drug-likeness (QED) is 0.261. The normalized spacial score (nSPS) is 17.4. The number of carbonyl (C=O) groups is 4. The Labute approximate surface area is 297 Å². The van der Waals surface area contributed by atoms with Crippen LogP contribution in [0.2, 0.25) is 5.02 Å². The number of amides is 3. The van der Waals surface area contributed by atoms with E-state index in [0.29, 0.717) is 45.7 Å². The number of carbonyl (C=O) groups excluding carboxylic acids is 3. The number of nitriles is 1. The van der Waals surface area contributed by atoms with E-state index < -0.39 is 48.1 Å². The Kier molecular flexibility index (Phi) is 12.7. The van der Waals surface area contributed by atoms with Crippen LogP contribution < -0.4 is 15.4 Å². The van der Waals surface area contributed by atoms with Crippen molar-refractivity contribution < 1.29 is 56.1 Å². The number of nitrogens with zero attached hydrogens (tertiary/aromatic N) is 5. The number of aromatic nitrogens is 2. The summed E-state index contributed by atoms with van der Waals surface area (Å²) in [5.41, 5.74) is 0.470. The standard InChI is InChI=1S/C30H30ClF2N7O5.C2HF3O2/c1-38-23(21-4-5-24(45-11-6-34)26(33)25(21)32)16-36-27(38)28(42)37-18-2-3-20(22(31)13-18)30(44)40-9-7-39(8-10-40)29(43)17-12-19(41)15-35-14-17;3-2(4,5)1(6)7/h2-5,13,16-17,19,35,41H,7-12,14-15H2,1H3,(H,37,42);(H,6,7). The molecule has 3 amide bonds. The maximum absolute atomic E-state index is 14.8. The minimum absolute atomic E-state index is 0.0388. The molecular formula is C32H31ClF5N7O7. The average molecular weight is 756 g/mol. The molecule has 278 valence electrons. The van der Waals surface area contributed by atoms with Crippen LogP contribution in [0, 0.1) is 28.9 Å². The summed E-state index contributed by atoms with van der Waals surface area (Å²) < 4.78 is 67.1. The van der Waals surface area contributed by atoms with Crippen molar-refractivity contribution in [1.29, 1.82) is 5.26 Å². The van der Waals surface area contributed by atoms with Crippen LogP contribution in [0.4, 0.5) is 27.6 Å². The van der Waals surface area contributed by atoms with Gasteiger partial charge >= 0.3 is 12.1 Å². The molecule has 14 nitrogen and oxygen atoms in total. The number of aliphatic carboxylic acids is 1. The van der Waals surface area contributed by atoms with Gasteiger partial charge in [0.05, 0.1) is 34.5 Å². The Bertz CT molecular complexity index is 1880. The van der Waals surface area contributed by atoms with Crippen molar-refractivity contribution in [3.63, 3.8) is 0 Å². The van der Waals surface area contributed by atoms with Crippen LogP contribution in [0.25, 0.3) is 11.3 Å². The van der Waals surface area contributed by atoms with Gasteiger partial charge in [0.2, 0.25) is 11.7 Å². The maximum Gasteiger partial charge on any atom is 0.490 e. The number of aliphatic hydroxyl groups excluding tert-OH is 1. The zero-order valence-corrected chi connectivity index (χ0v) is 28.0. The lowest BCUT2D eigenvalue weighted by Gasteiger charge is -2.37. The minimum atomic E-state index is -5.08. The van der Waals surface area contributed by atoms with Gasteiger partial charge in [0.15, 0.2) is 24.0 Å². The van der Waals surface area contributed by atoms with Crippen LogP contribution >= 0.6 is 11.6 Å². The summed E-state index contributed by atoms with van der Waals surface area (Å²) in [5.74, 6) is -7.07. The van der Waals surface area contributed by atoms with Crippen LogP contribution in [0.1, 0.15) is 27.4 Å². The average Bonchev–Trinajstić information content (AvgIpc) is 3.49. The van der Waals surface area contributed by atoms with Gasteiger partial charge in [0.25, 0.3) is 11.8 Å². The smallest absolute Gasteiger partial charge is 0.476 e. The number of β-amino-alcohol motifs (C(OH)–C–C–N with tert-alkyl or cyclic N) is 1. The lowest BCUT2D eigenvalue weighted by atomic mass is 9.96. The summed E-state index contributed by atoms with van der Waals surface area (Å²) in [5, 5.41) is 31.4. The molecule has 3 aromatic rings. The topological polar surface area (TPSA) is 190 Å². The summed E-state index contributed by atoms with van der Waals surface area (Å²) >= 11 is 6.44. The molecule has 2 fully saturated rings.